The molecule has 0 bridgehead atoms. The molecule has 0 aliphatic carbocycles. The summed E-state index contributed by atoms with van der Waals surface area (Å²) in [7, 11) is 0. The van der Waals surface area contributed by atoms with E-state index in [4.69, 9.17) is 23.7 Å². The topological polar surface area (TPSA) is 116 Å². The van der Waals surface area contributed by atoms with Gasteiger partial charge in [-0.1, -0.05) is 90.5 Å². The number of amides is 2. The number of imide groups is 1. The largest absolute Gasteiger partial charge is 0.457 e. The molecule has 246 valence electrons. The molecule has 4 aromatic rings. The highest BCUT2D eigenvalue weighted by Gasteiger charge is 2.44. The number of furan rings is 1. The number of ether oxygens (including phenoxy) is 3. The van der Waals surface area contributed by atoms with Crippen LogP contribution in [0.2, 0.25) is 0 Å². The first-order valence-corrected chi connectivity index (χ1v) is 16.0. The minimum atomic E-state index is -1.20. The Kier molecular flexibility index (Phi) is 12.1. The van der Waals surface area contributed by atoms with Gasteiger partial charge in [0.05, 0.1) is 32.5 Å². The van der Waals surface area contributed by atoms with Crippen LogP contribution in [-0.4, -0.2) is 73.5 Å². The molecule has 9 nitrogen and oxygen atoms in total. The van der Waals surface area contributed by atoms with E-state index in [1.807, 2.05) is 91.9 Å². The fourth-order valence-corrected chi connectivity index (χ4v) is 5.76. The average molecular weight is 640 g/mol. The molecule has 1 aromatic heterocycles. The van der Waals surface area contributed by atoms with Gasteiger partial charge in [0.1, 0.15) is 18.3 Å². The number of aliphatic hydroxyl groups is 1. The quantitative estimate of drug-likeness (QED) is 0.0870. The minimum absolute atomic E-state index is 0.0323. The molecule has 47 heavy (non-hydrogen) atoms. The molecule has 2 heterocycles. The normalized spacial score (nSPS) is 15.1. The summed E-state index contributed by atoms with van der Waals surface area (Å²) in [6.07, 6.45) is 0.908. The first-order chi connectivity index (χ1) is 22.9. The molecule has 1 fully saturated rings. The Morgan fingerprint density at radius 1 is 0.894 bits per heavy atom. The highest BCUT2D eigenvalue weighted by atomic mass is 16.6. The van der Waals surface area contributed by atoms with Crippen molar-refractivity contribution in [3.05, 3.63) is 119 Å². The Hall–Kier alpha value is -4.57. The summed E-state index contributed by atoms with van der Waals surface area (Å²) in [5.41, 5.74) is 4.48. The van der Waals surface area contributed by atoms with Gasteiger partial charge in [-0.3, -0.25) is 9.59 Å². The maximum Gasteiger partial charge on any atom is 0.417 e. The Morgan fingerprint density at radius 3 is 2.30 bits per heavy atom. The summed E-state index contributed by atoms with van der Waals surface area (Å²) in [5.74, 6) is -1.61. The summed E-state index contributed by atoms with van der Waals surface area (Å²) in [5, 5.41) is 8.84. The van der Waals surface area contributed by atoms with Crippen LogP contribution >= 0.6 is 0 Å². The summed E-state index contributed by atoms with van der Waals surface area (Å²) < 4.78 is 22.5. The summed E-state index contributed by atoms with van der Waals surface area (Å²) in [4.78, 5) is 42.7. The highest BCUT2D eigenvalue weighted by molar-refractivity contribution is 6.12. The Labute approximate surface area is 275 Å². The number of Topliss-reactive ketones (excluding diaryl/α,β-unsaturated/α-hetero) is 1. The summed E-state index contributed by atoms with van der Waals surface area (Å²) >= 11 is 0. The number of nitrogens with zero attached hydrogens (tertiary/aromatic N) is 1. The van der Waals surface area contributed by atoms with E-state index in [9.17, 15) is 14.4 Å². The lowest BCUT2D eigenvalue weighted by Crippen LogP contribution is -2.46. The van der Waals surface area contributed by atoms with Gasteiger partial charge in [-0.05, 0) is 48.9 Å². The second-order valence-corrected chi connectivity index (χ2v) is 11.6. The third kappa shape index (κ3) is 9.04. The summed E-state index contributed by atoms with van der Waals surface area (Å²) in [6.45, 7) is 3.54. The van der Waals surface area contributed by atoms with Crippen LogP contribution in [0.4, 0.5) is 4.79 Å². The predicted octanol–water partition coefficient (Wildman–Crippen LogP) is 5.84. The number of carbonyl (C=O) groups is 3. The van der Waals surface area contributed by atoms with Crippen molar-refractivity contribution in [1.29, 1.82) is 0 Å². The lowest BCUT2D eigenvalue weighted by atomic mass is 9.91. The second-order valence-electron chi connectivity index (χ2n) is 11.6. The number of rotatable bonds is 17. The van der Waals surface area contributed by atoms with E-state index in [0.29, 0.717) is 44.8 Å². The Bertz CT molecular complexity index is 1620. The van der Waals surface area contributed by atoms with E-state index in [1.54, 1.807) is 6.07 Å². The first kappa shape index (κ1) is 33.8. The fraction of sp³-hybridized carbons (Fsp3) is 0.342. The van der Waals surface area contributed by atoms with E-state index < -0.39 is 29.7 Å². The predicted molar refractivity (Wildman–Crippen MR) is 176 cm³/mol. The monoisotopic (exact) mass is 639 g/mol. The van der Waals surface area contributed by atoms with E-state index in [-0.39, 0.29) is 32.0 Å². The molecule has 9 heteroatoms. The maximum atomic E-state index is 14.3. The van der Waals surface area contributed by atoms with Crippen molar-refractivity contribution in [2.24, 2.45) is 5.92 Å². The number of carbonyl (C=O) groups excluding carboxylic acids is 3. The van der Waals surface area contributed by atoms with E-state index in [1.165, 1.54) is 0 Å². The van der Waals surface area contributed by atoms with Gasteiger partial charge in [0, 0.05) is 18.6 Å². The van der Waals surface area contributed by atoms with Crippen molar-refractivity contribution in [3.8, 4) is 11.1 Å². The van der Waals surface area contributed by atoms with Crippen molar-refractivity contribution in [1.82, 2.24) is 4.90 Å². The molecular formula is C38H41NO8. The lowest BCUT2D eigenvalue weighted by Gasteiger charge is -2.24. The van der Waals surface area contributed by atoms with Crippen LogP contribution in [0, 0.1) is 12.8 Å². The van der Waals surface area contributed by atoms with Crippen molar-refractivity contribution in [2.45, 2.75) is 38.6 Å². The van der Waals surface area contributed by atoms with Crippen LogP contribution in [0.1, 0.15) is 39.4 Å². The SMILES string of the molecule is Cc1cccc(-c2cc(C(=O)[C@H](Cc3ccccc3)C(=O)N3C(=O)OC[C@@H]3Cc3ccccc3)oc2CCCOCCOCCO)c1. The van der Waals surface area contributed by atoms with Crippen molar-refractivity contribution >= 4 is 17.8 Å². The zero-order chi connectivity index (χ0) is 33.0. The van der Waals surface area contributed by atoms with Crippen LogP contribution in [0.25, 0.3) is 11.1 Å². The second kappa shape index (κ2) is 16.8. The molecule has 1 aliphatic heterocycles. The van der Waals surface area contributed by atoms with Gasteiger partial charge in [-0.15, -0.1) is 0 Å². The number of benzene rings is 3. The van der Waals surface area contributed by atoms with Crippen LogP contribution in [-0.2, 0) is 38.3 Å². The van der Waals surface area contributed by atoms with Gasteiger partial charge in [0.15, 0.2) is 5.76 Å². The maximum absolute atomic E-state index is 14.3. The van der Waals surface area contributed by atoms with E-state index in [2.05, 4.69) is 0 Å². The number of hydrogen-bond donors (Lipinski definition) is 1. The molecule has 0 spiro atoms. The van der Waals surface area contributed by atoms with Crippen LogP contribution in [0.5, 0.6) is 0 Å². The van der Waals surface area contributed by atoms with Gasteiger partial charge < -0.3 is 23.7 Å². The number of cyclic esters (lactones) is 1. The van der Waals surface area contributed by atoms with Gasteiger partial charge in [-0.2, -0.15) is 0 Å². The number of aryl methyl sites for hydroxylation is 2. The van der Waals surface area contributed by atoms with Gasteiger partial charge in [0.25, 0.3) is 0 Å². The first-order valence-electron chi connectivity index (χ1n) is 16.0. The van der Waals surface area contributed by atoms with Crippen molar-refractivity contribution in [2.75, 3.05) is 39.6 Å². The summed E-state index contributed by atoms with van der Waals surface area (Å²) in [6, 6.07) is 28.0. The Balaban J connectivity index is 1.41. The molecular weight excluding hydrogens is 598 g/mol. The molecule has 1 aliphatic rings. The lowest BCUT2D eigenvalue weighted by molar-refractivity contribution is -0.131. The smallest absolute Gasteiger partial charge is 0.417 e. The van der Waals surface area contributed by atoms with Gasteiger partial charge in [-0.25, -0.2) is 9.69 Å². The molecule has 0 unspecified atom stereocenters. The van der Waals surface area contributed by atoms with Crippen LogP contribution < -0.4 is 0 Å². The molecule has 2 amide bonds. The molecule has 3 aromatic carbocycles. The highest BCUT2D eigenvalue weighted by Crippen LogP contribution is 2.32. The van der Waals surface area contributed by atoms with Crippen molar-refractivity contribution < 1.29 is 38.1 Å². The molecule has 0 saturated carbocycles. The minimum Gasteiger partial charge on any atom is -0.457 e. The van der Waals surface area contributed by atoms with Crippen molar-refractivity contribution in [3.63, 3.8) is 0 Å². The molecule has 5 rings (SSSR count). The van der Waals surface area contributed by atoms with Gasteiger partial charge >= 0.3 is 6.09 Å². The standard InChI is InChI=1S/C38H41NO8/c1-27-10-8-15-30(22-27)32-25-35(47-34(32)16-9-18-44-20-21-45-19-17-40)36(41)33(24-29-13-6-3-7-14-29)37(42)39-31(26-46-38(39)43)23-28-11-4-2-5-12-28/h2-8,10-15,22,25,31,33,40H,9,16-21,23-24,26H2,1H3/t31-,33-/m0/s1. The molecule has 2 atom stereocenters. The zero-order valence-corrected chi connectivity index (χ0v) is 26.6. The number of hydrogen-bond acceptors (Lipinski definition) is 8. The Morgan fingerprint density at radius 2 is 1.60 bits per heavy atom. The molecule has 0 radical (unpaired) electrons. The third-order valence-electron chi connectivity index (χ3n) is 8.09. The van der Waals surface area contributed by atoms with Crippen LogP contribution in [0.15, 0.2) is 95.4 Å². The van der Waals surface area contributed by atoms with Crippen LogP contribution in [0.3, 0.4) is 0 Å². The third-order valence-corrected chi connectivity index (χ3v) is 8.09. The van der Waals surface area contributed by atoms with Gasteiger partial charge in [0.2, 0.25) is 11.7 Å². The number of ketones is 1. The molecule has 1 N–H and O–H groups in total. The molecule has 1 saturated heterocycles. The number of aliphatic hydroxyl groups excluding tert-OH is 1. The van der Waals surface area contributed by atoms with E-state index >= 15 is 0 Å². The fourth-order valence-electron chi connectivity index (χ4n) is 5.76. The average Bonchev–Trinajstić information content (AvgIpc) is 3.68. The zero-order valence-electron chi connectivity index (χ0n) is 26.6. The van der Waals surface area contributed by atoms with E-state index in [0.717, 1.165) is 32.7 Å².